The molecule has 5 nitrogen and oxygen atoms in total. The number of hydroxylamine groups is 2. The minimum atomic E-state index is -0.360. The Morgan fingerprint density at radius 1 is 1.14 bits per heavy atom. The van der Waals surface area contributed by atoms with Crippen LogP contribution in [0.2, 0.25) is 0 Å². The predicted molar refractivity (Wildman–Crippen MR) is 150 cm³/mol. The second-order valence-electron chi connectivity index (χ2n) is 13.7. The van der Waals surface area contributed by atoms with Crippen LogP contribution in [0, 0.1) is 46.3 Å². The first kappa shape index (κ1) is 25.6. The zero-order chi connectivity index (χ0) is 26.2. The van der Waals surface area contributed by atoms with Gasteiger partial charge in [-0.05, 0) is 118 Å². The number of carbonyl (C=O) groups excluding carboxylic acids is 1. The molecule has 0 radical (unpaired) electrons. The lowest BCUT2D eigenvalue weighted by Crippen LogP contribution is -2.60. The van der Waals surface area contributed by atoms with E-state index in [-0.39, 0.29) is 27.6 Å². The standard InChI is InChI=1S/C31H44N2O3S/c1-6-35-26(34)30(5)15-9-14-29(4)23(30)13-17-31-19-28(3,16-12-24(29)31)25-21(31)18-36-33(25)27(37)32-22-11-8-7-10-20(22)2/h7-8,10-11,21,23-25H,6,9,12-19H2,1-5H3,(H,32,37)/t21-,23+,24+,25+,28+,29-,30-,31-/m1/s1. The van der Waals surface area contributed by atoms with Gasteiger partial charge in [0.15, 0.2) is 5.11 Å². The summed E-state index contributed by atoms with van der Waals surface area (Å²) in [6.07, 6.45) is 9.33. The number of rotatable bonds is 3. The number of anilines is 1. The predicted octanol–water partition coefficient (Wildman–Crippen LogP) is 6.90. The van der Waals surface area contributed by atoms with Crippen LogP contribution in [0.3, 0.4) is 0 Å². The van der Waals surface area contributed by atoms with Crippen LogP contribution in [0.1, 0.15) is 84.6 Å². The summed E-state index contributed by atoms with van der Waals surface area (Å²) in [7, 11) is 0. The van der Waals surface area contributed by atoms with Crippen LogP contribution in [-0.2, 0) is 14.4 Å². The van der Waals surface area contributed by atoms with Gasteiger partial charge in [-0.3, -0.25) is 9.63 Å². The summed E-state index contributed by atoms with van der Waals surface area (Å²) >= 11 is 5.97. The Labute approximate surface area is 228 Å². The number of aryl methyl sites for hydroxylation is 1. The zero-order valence-corrected chi connectivity index (χ0v) is 24.1. The Morgan fingerprint density at radius 2 is 1.89 bits per heavy atom. The van der Waals surface area contributed by atoms with E-state index in [0.29, 0.717) is 35.5 Å². The molecule has 1 heterocycles. The van der Waals surface area contributed by atoms with E-state index in [4.69, 9.17) is 21.8 Å². The molecule has 0 unspecified atom stereocenters. The molecule has 6 heteroatoms. The number of ether oxygens (including phenoxy) is 1. The molecule has 1 saturated heterocycles. The monoisotopic (exact) mass is 524 g/mol. The van der Waals surface area contributed by atoms with Crippen molar-refractivity contribution >= 4 is 29.0 Å². The molecule has 5 aliphatic rings. The van der Waals surface area contributed by atoms with Gasteiger partial charge in [-0.25, -0.2) is 5.06 Å². The molecule has 6 rings (SSSR count). The van der Waals surface area contributed by atoms with Crippen molar-refractivity contribution in [3.05, 3.63) is 29.8 Å². The van der Waals surface area contributed by atoms with Gasteiger partial charge in [0.25, 0.3) is 0 Å². The number of benzene rings is 1. The number of nitrogens with zero attached hydrogens (tertiary/aromatic N) is 1. The second-order valence-corrected chi connectivity index (χ2v) is 14.0. The molecule has 0 amide bonds. The smallest absolute Gasteiger partial charge is 0.312 e. The van der Waals surface area contributed by atoms with Gasteiger partial charge in [0.1, 0.15) is 0 Å². The van der Waals surface area contributed by atoms with E-state index in [0.717, 1.165) is 31.6 Å². The van der Waals surface area contributed by atoms with Crippen molar-refractivity contribution in [1.29, 1.82) is 0 Å². The highest BCUT2D eigenvalue weighted by Crippen LogP contribution is 2.76. The van der Waals surface area contributed by atoms with E-state index >= 15 is 0 Å². The second kappa shape index (κ2) is 8.67. The van der Waals surface area contributed by atoms with Crippen molar-refractivity contribution in [2.75, 3.05) is 18.5 Å². The van der Waals surface area contributed by atoms with E-state index in [1.165, 1.54) is 37.7 Å². The number of para-hydroxylation sites is 1. The molecular formula is C31H44N2O3S. The lowest BCUT2D eigenvalue weighted by atomic mass is 9.39. The highest BCUT2D eigenvalue weighted by atomic mass is 32.1. The molecule has 5 fully saturated rings. The van der Waals surface area contributed by atoms with Crippen LogP contribution >= 0.6 is 12.2 Å². The molecule has 1 aromatic carbocycles. The van der Waals surface area contributed by atoms with E-state index in [1.807, 2.05) is 13.0 Å². The van der Waals surface area contributed by atoms with E-state index in [9.17, 15) is 4.79 Å². The highest BCUT2D eigenvalue weighted by Gasteiger charge is 2.73. The summed E-state index contributed by atoms with van der Waals surface area (Å²) in [6, 6.07) is 8.61. The minimum Gasteiger partial charge on any atom is -0.466 e. The first-order valence-corrected chi connectivity index (χ1v) is 15.0. The van der Waals surface area contributed by atoms with Gasteiger partial charge in [0.2, 0.25) is 0 Å². The van der Waals surface area contributed by atoms with Crippen LogP contribution in [0.15, 0.2) is 24.3 Å². The van der Waals surface area contributed by atoms with Gasteiger partial charge in [-0.1, -0.05) is 38.5 Å². The van der Waals surface area contributed by atoms with Gasteiger partial charge in [-0.2, -0.15) is 0 Å². The van der Waals surface area contributed by atoms with Gasteiger partial charge < -0.3 is 10.1 Å². The number of thiocarbonyl (C=S) groups is 1. The lowest BCUT2D eigenvalue weighted by molar-refractivity contribution is -0.195. The fraction of sp³-hybridized carbons (Fsp3) is 0.742. The zero-order valence-electron chi connectivity index (χ0n) is 23.3. The molecule has 202 valence electrons. The summed E-state index contributed by atoms with van der Waals surface area (Å²) in [4.78, 5) is 19.8. The number of esters is 1. The van der Waals surface area contributed by atoms with Crippen molar-refractivity contribution in [3.8, 4) is 0 Å². The largest absolute Gasteiger partial charge is 0.466 e. The van der Waals surface area contributed by atoms with Crippen LogP contribution in [-0.4, -0.2) is 35.4 Å². The fourth-order valence-corrected chi connectivity index (χ4v) is 10.8. The fourth-order valence-electron chi connectivity index (χ4n) is 10.5. The minimum absolute atomic E-state index is 0.0369. The molecule has 4 aliphatic carbocycles. The Hall–Kier alpha value is -1.66. The summed E-state index contributed by atoms with van der Waals surface area (Å²) in [5.74, 6) is 1.54. The molecule has 8 atom stereocenters. The molecule has 1 aromatic rings. The number of carbonyl (C=O) groups is 1. The van der Waals surface area contributed by atoms with Gasteiger partial charge >= 0.3 is 5.97 Å². The lowest BCUT2D eigenvalue weighted by Gasteiger charge is -2.64. The molecule has 1 aliphatic heterocycles. The van der Waals surface area contributed by atoms with Crippen LogP contribution < -0.4 is 5.32 Å². The number of nitrogens with one attached hydrogen (secondary N) is 1. The van der Waals surface area contributed by atoms with Gasteiger partial charge in [-0.15, -0.1) is 0 Å². The summed E-state index contributed by atoms with van der Waals surface area (Å²) in [6.45, 7) is 12.5. The SMILES string of the molecule is CCOC(=O)[C@]1(C)CCC[C@@]2(C)[C@@H]3CC[C@@]4(C)C[C@]3(CC[C@@H]21)[C@@H]1CON(C(=S)Nc2ccccc2C)[C@@H]14. The highest BCUT2D eigenvalue weighted by molar-refractivity contribution is 7.80. The topological polar surface area (TPSA) is 50.8 Å². The Bertz CT molecular complexity index is 1110. The van der Waals surface area contributed by atoms with Crippen molar-refractivity contribution in [2.24, 2.45) is 39.4 Å². The molecule has 1 spiro atoms. The van der Waals surface area contributed by atoms with Crippen LogP contribution in [0.25, 0.3) is 0 Å². The molecule has 0 aromatic heterocycles. The number of hydrogen-bond donors (Lipinski definition) is 1. The van der Waals surface area contributed by atoms with Crippen LogP contribution in [0.5, 0.6) is 0 Å². The Kier molecular flexibility index (Phi) is 6.00. The van der Waals surface area contributed by atoms with Gasteiger partial charge in [0, 0.05) is 11.6 Å². The number of hydrogen-bond acceptors (Lipinski definition) is 4. The number of fused-ring (bicyclic) bond motifs is 5. The van der Waals surface area contributed by atoms with Crippen molar-refractivity contribution in [1.82, 2.24) is 5.06 Å². The third-order valence-corrected chi connectivity index (χ3v) is 12.2. The van der Waals surface area contributed by atoms with Crippen molar-refractivity contribution in [2.45, 2.75) is 92.0 Å². The molecule has 37 heavy (non-hydrogen) atoms. The normalized spacial score (nSPS) is 44.0. The third-order valence-electron chi connectivity index (χ3n) is 11.9. The van der Waals surface area contributed by atoms with Gasteiger partial charge in [0.05, 0.1) is 24.7 Å². The summed E-state index contributed by atoms with van der Waals surface area (Å²) in [5.41, 5.74) is 2.50. The average Bonchev–Trinajstić information content (AvgIpc) is 3.38. The Morgan fingerprint density at radius 3 is 2.65 bits per heavy atom. The van der Waals surface area contributed by atoms with Crippen molar-refractivity contribution in [3.63, 3.8) is 0 Å². The first-order valence-electron chi connectivity index (χ1n) is 14.6. The van der Waals surface area contributed by atoms with Crippen molar-refractivity contribution < 1.29 is 14.4 Å². The van der Waals surface area contributed by atoms with E-state index < -0.39 is 0 Å². The summed E-state index contributed by atoms with van der Waals surface area (Å²) < 4.78 is 5.67. The third kappa shape index (κ3) is 3.50. The maximum absolute atomic E-state index is 13.3. The van der Waals surface area contributed by atoms with E-state index in [1.54, 1.807) is 0 Å². The van der Waals surface area contributed by atoms with E-state index in [2.05, 4.69) is 56.3 Å². The molecular weight excluding hydrogens is 480 g/mol. The maximum Gasteiger partial charge on any atom is 0.312 e. The first-order chi connectivity index (χ1) is 17.6. The summed E-state index contributed by atoms with van der Waals surface area (Å²) in [5, 5.41) is 6.28. The molecule has 1 N–H and O–H groups in total. The maximum atomic E-state index is 13.3. The van der Waals surface area contributed by atoms with Crippen LogP contribution in [0.4, 0.5) is 5.69 Å². The average molecular weight is 525 g/mol. The Balaban J connectivity index is 1.30. The molecule has 4 saturated carbocycles. The molecule has 2 bridgehead atoms. The quantitative estimate of drug-likeness (QED) is 0.343.